The number of benzene rings is 1. The molecule has 1 aromatic carbocycles. The van der Waals surface area contributed by atoms with Gasteiger partial charge in [0, 0.05) is 26.2 Å². The quantitative estimate of drug-likeness (QED) is 0.735. The maximum absolute atomic E-state index is 12.0. The molecule has 0 unspecified atom stereocenters. The minimum Gasteiger partial charge on any atom is -0.396 e. The molecule has 0 radical (unpaired) electrons. The van der Waals surface area contributed by atoms with Gasteiger partial charge in [0.1, 0.15) is 0 Å². The van der Waals surface area contributed by atoms with Crippen LogP contribution in [-0.2, 0) is 6.54 Å². The highest BCUT2D eigenvalue weighted by Crippen LogP contribution is 2.22. The Morgan fingerprint density at radius 3 is 3.12 bits per heavy atom. The Balaban J connectivity index is 1.58. The third-order valence-corrected chi connectivity index (χ3v) is 4.71. The van der Waals surface area contributed by atoms with Crippen LogP contribution in [0.4, 0.5) is 0 Å². The highest BCUT2D eigenvalue weighted by Gasteiger charge is 2.23. The molecule has 2 N–H and O–H groups in total. The average molecular weight is 357 g/mol. The summed E-state index contributed by atoms with van der Waals surface area (Å²) < 4.78 is 1.82. The van der Waals surface area contributed by atoms with Gasteiger partial charge >= 0.3 is 0 Å². The summed E-state index contributed by atoms with van der Waals surface area (Å²) in [5, 5.41) is 19.7. The SMILES string of the molecule is Cc1cccc(CN2CCC[C@@H](n3cc(C(=O)NCCCO)nn3)C2)c1. The Kier molecular flexibility index (Phi) is 6.35. The zero-order valence-electron chi connectivity index (χ0n) is 15.3. The third kappa shape index (κ3) is 4.89. The third-order valence-electron chi connectivity index (χ3n) is 4.71. The van der Waals surface area contributed by atoms with Gasteiger partial charge in [0.05, 0.1) is 12.2 Å². The molecule has 2 aromatic rings. The molecule has 1 saturated heterocycles. The molecule has 1 fully saturated rings. The van der Waals surface area contributed by atoms with Crippen molar-refractivity contribution >= 4 is 5.91 Å². The second-order valence-corrected chi connectivity index (χ2v) is 6.94. The molecule has 26 heavy (non-hydrogen) atoms. The zero-order valence-corrected chi connectivity index (χ0v) is 15.3. The summed E-state index contributed by atoms with van der Waals surface area (Å²) in [4.78, 5) is 14.5. The minimum atomic E-state index is -0.239. The fourth-order valence-corrected chi connectivity index (χ4v) is 3.39. The molecule has 0 aliphatic carbocycles. The number of nitrogens with zero attached hydrogens (tertiary/aromatic N) is 4. The summed E-state index contributed by atoms with van der Waals surface area (Å²) in [6, 6.07) is 8.85. The van der Waals surface area contributed by atoms with E-state index in [-0.39, 0.29) is 18.6 Å². The average Bonchev–Trinajstić information content (AvgIpc) is 3.12. The number of amides is 1. The first-order valence-electron chi connectivity index (χ1n) is 9.24. The molecule has 7 heteroatoms. The van der Waals surface area contributed by atoms with Crippen LogP contribution in [0.15, 0.2) is 30.5 Å². The lowest BCUT2D eigenvalue weighted by molar-refractivity contribution is 0.0946. The van der Waals surface area contributed by atoms with E-state index in [9.17, 15) is 4.79 Å². The Bertz CT molecular complexity index is 730. The first kappa shape index (κ1) is 18.5. The van der Waals surface area contributed by atoms with Crippen LogP contribution in [0.3, 0.4) is 0 Å². The van der Waals surface area contributed by atoms with E-state index in [1.54, 1.807) is 6.20 Å². The second kappa shape index (κ2) is 8.91. The van der Waals surface area contributed by atoms with Crippen molar-refractivity contribution in [2.24, 2.45) is 0 Å². The number of likely N-dealkylation sites (tertiary alicyclic amines) is 1. The molecule has 0 bridgehead atoms. The summed E-state index contributed by atoms with van der Waals surface area (Å²) in [6.45, 7) is 5.53. The van der Waals surface area contributed by atoms with Crippen LogP contribution in [-0.4, -0.2) is 57.1 Å². The minimum absolute atomic E-state index is 0.0613. The molecule has 0 spiro atoms. The van der Waals surface area contributed by atoms with E-state index in [0.29, 0.717) is 18.7 Å². The van der Waals surface area contributed by atoms with Gasteiger partial charge in [-0.15, -0.1) is 5.10 Å². The summed E-state index contributed by atoms with van der Waals surface area (Å²) >= 11 is 0. The number of aliphatic hydroxyl groups excluding tert-OH is 1. The topological polar surface area (TPSA) is 83.3 Å². The van der Waals surface area contributed by atoms with Crippen LogP contribution in [0.5, 0.6) is 0 Å². The van der Waals surface area contributed by atoms with E-state index in [1.807, 2.05) is 4.68 Å². The lowest BCUT2D eigenvalue weighted by atomic mass is 10.0. The molecular formula is C19H27N5O2. The Morgan fingerprint density at radius 1 is 1.42 bits per heavy atom. The molecule has 140 valence electrons. The maximum Gasteiger partial charge on any atom is 0.273 e. The van der Waals surface area contributed by atoms with Gasteiger partial charge in [0.25, 0.3) is 5.91 Å². The van der Waals surface area contributed by atoms with Gasteiger partial charge < -0.3 is 10.4 Å². The number of hydrogen-bond acceptors (Lipinski definition) is 5. The maximum atomic E-state index is 12.0. The molecule has 3 rings (SSSR count). The zero-order chi connectivity index (χ0) is 18.4. The standard InChI is InChI=1S/C19H27N5O2/c1-15-5-2-6-16(11-15)12-23-9-3-7-17(13-23)24-14-18(21-22-24)19(26)20-8-4-10-25/h2,5-6,11,14,17,25H,3-4,7-10,12-13H2,1H3,(H,20,26)/t17-/m1/s1. The lowest BCUT2D eigenvalue weighted by Crippen LogP contribution is -2.36. The molecule has 1 aliphatic rings. The van der Waals surface area contributed by atoms with E-state index in [4.69, 9.17) is 5.11 Å². The number of piperidine rings is 1. The first-order chi connectivity index (χ1) is 12.7. The van der Waals surface area contributed by atoms with Crippen LogP contribution in [0.2, 0.25) is 0 Å². The smallest absolute Gasteiger partial charge is 0.273 e. The highest BCUT2D eigenvalue weighted by atomic mass is 16.3. The van der Waals surface area contributed by atoms with E-state index in [1.165, 1.54) is 11.1 Å². The highest BCUT2D eigenvalue weighted by molar-refractivity contribution is 5.91. The summed E-state index contributed by atoms with van der Waals surface area (Å²) in [6.07, 6.45) is 4.42. The fourth-order valence-electron chi connectivity index (χ4n) is 3.39. The molecule has 1 aromatic heterocycles. The van der Waals surface area contributed by atoms with Crippen molar-refractivity contribution in [1.29, 1.82) is 0 Å². The van der Waals surface area contributed by atoms with Gasteiger partial charge in [-0.25, -0.2) is 4.68 Å². The van der Waals surface area contributed by atoms with Crippen molar-refractivity contribution in [3.63, 3.8) is 0 Å². The molecule has 1 aliphatic heterocycles. The van der Waals surface area contributed by atoms with Crippen LogP contribution >= 0.6 is 0 Å². The fraction of sp³-hybridized carbons (Fsp3) is 0.526. The van der Waals surface area contributed by atoms with E-state index >= 15 is 0 Å². The summed E-state index contributed by atoms with van der Waals surface area (Å²) in [5.41, 5.74) is 2.94. The van der Waals surface area contributed by atoms with Crippen LogP contribution < -0.4 is 5.32 Å². The van der Waals surface area contributed by atoms with Crippen molar-refractivity contribution in [3.8, 4) is 0 Å². The first-order valence-corrected chi connectivity index (χ1v) is 9.24. The van der Waals surface area contributed by atoms with Crippen molar-refractivity contribution < 1.29 is 9.90 Å². The van der Waals surface area contributed by atoms with Crippen molar-refractivity contribution in [3.05, 3.63) is 47.3 Å². The molecule has 1 amide bonds. The van der Waals surface area contributed by atoms with Crippen LogP contribution in [0.1, 0.15) is 46.9 Å². The van der Waals surface area contributed by atoms with Gasteiger partial charge in [-0.2, -0.15) is 0 Å². The van der Waals surface area contributed by atoms with Gasteiger partial charge in [-0.3, -0.25) is 9.69 Å². The molecule has 1 atom stereocenters. The predicted octanol–water partition coefficient (Wildman–Crippen LogP) is 1.54. The molecule has 2 heterocycles. The molecular weight excluding hydrogens is 330 g/mol. The number of aromatic nitrogens is 3. The number of carbonyl (C=O) groups is 1. The Morgan fingerprint density at radius 2 is 2.31 bits per heavy atom. The Hall–Kier alpha value is -2.25. The number of rotatable bonds is 7. The second-order valence-electron chi connectivity index (χ2n) is 6.94. The van der Waals surface area contributed by atoms with Crippen molar-refractivity contribution in [2.75, 3.05) is 26.2 Å². The van der Waals surface area contributed by atoms with Crippen molar-refractivity contribution in [2.45, 2.75) is 38.8 Å². The number of aryl methyl sites for hydroxylation is 1. The number of nitrogens with one attached hydrogen (secondary N) is 1. The summed E-state index contributed by atoms with van der Waals surface area (Å²) in [7, 11) is 0. The van der Waals surface area contributed by atoms with Gasteiger partial charge in [0.15, 0.2) is 5.69 Å². The number of hydrogen-bond donors (Lipinski definition) is 2. The van der Waals surface area contributed by atoms with Gasteiger partial charge in [-0.1, -0.05) is 35.0 Å². The van der Waals surface area contributed by atoms with Crippen molar-refractivity contribution in [1.82, 2.24) is 25.2 Å². The monoisotopic (exact) mass is 357 g/mol. The van der Waals surface area contributed by atoms with E-state index in [2.05, 4.69) is 51.7 Å². The van der Waals surface area contributed by atoms with Gasteiger partial charge in [0.2, 0.25) is 0 Å². The molecule has 7 nitrogen and oxygen atoms in total. The largest absolute Gasteiger partial charge is 0.396 e. The Labute approximate surface area is 154 Å². The van der Waals surface area contributed by atoms with E-state index in [0.717, 1.165) is 32.5 Å². The molecule has 0 saturated carbocycles. The van der Waals surface area contributed by atoms with Gasteiger partial charge in [-0.05, 0) is 38.3 Å². The predicted molar refractivity (Wildman–Crippen MR) is 98.8 cm³/mol. The van der Waals surface area contributed by atoms with Crippen LogP contribution in [0, 0.1) is 6.92 Å². The normalized spacial score (nSPS) is 18.0. The summed E-state index contributed by atoms with van der Waals surface area (Å²) in [5.74, 6) is -0.239. The lowest BCUT2D eigenvalue weighted by Gasteiger charge is -2.32. The number of carbonyl (C=O) groups excluding carboxylic acids is 1. The van der Waals surface area contributed by atoms with E-state index < -0.39 is 0 Å². The number of aliphatic hydroxyl groups is 1. The van der Waals surface area contributed by atoms with Crippen LogP contribution in [0.25, 0.3) is 0 Å².